The monoisotopic (exact) mass is 236 g/mol. The summed E-state index contributed by atoms with van der Waals surface area (Å²) in [7, 11) is 1.93. The van der Waals surface area contributed by atoms with E-state index in [0.29, 0.717) is 18.7 Å². The minimum absolute atomic E-state index is 0.419. The summed E-state index contributed by atoms with van der Waals surface area (Å²) in [6, 6.07) is 7.23. The fraction of sp³-hybridized carbons (Fsp3) is 0.462. The first-order chi connectivity index (χ1) is 7.78. The van der Waals surface area contributed by atoms with E-state index in [4.69, 9.17) is 5.73 Å². The Labute approximate surface area is 102 Å². The lowest BCUT2D eigenvalue weighted by molar-refractivity contribution is 0.0424. The number of carbonyl (C=O) groups is 1. The molecule has 0 aromatic heterocycles. The summed E-state index contributed by atoms with van der Waals surface area (Å²) in [5.41, 5.74) is 6.02. The molecule has 1 amide bonds. The average molecular weight is 236 g/mol. The molecule has 0 spiro atoms. The smallest absolute Gasteiger partial charge is 0.248 e. The van der Waals surface area contributed by atoms with Crippen LogP contribution < -0.4 is 5.73 Å². The van der Waals surface area contributed by atoms with E-state index in [1.807, 2.05) is 24.1 Å². The fourth-order valence-electron chi connectivity index (χ4n) is 1.85. The highest BCUT2D eigenvalue weighted by molar-refractivity contribution is 5.92. The number of nitrogens with two attached hydrogens (primary N) is 1. The lowest BCUT2D eigenvalue weighted by atomic mass is 10.1. The standard InChI is InChI=1S/C13H20N2O2/c1-13(2,17)9-15(3)8-10-5-4-6-11(7-10)12(14)16/h4-7,17H,8-9H2,1-3H3,(H2,14,16). The number of hydrogen-bond acceptors (Lipinski definition) is 3. The Kier molecular flexibility index (Phi) is 4.26. The molecule has 3 N–H and O–H groups in total. The van der Waals surface area contributed by atoms with Crippen LogP contribution in [0.4, 0.5) is 0 Å². The van der Waals surface area contributed by atoms with Gasteiger partial charge >= 0.3 is 0 Å². The molecule has 0 saturated carbocycles. The van der Waals surface area contributed by atoms with Crippen molar-refractivity contribution in [2.24, 2.45) is 5.73 Å². The van der Waals surface area contributed by atoms with Gasteiger partial charge in [-0.15, -0.1) is 0 Å². The molecule has 1 rings (SSSR count). The Morgan fingerprint density at radius 1 is 1.47 bits per heavy atom. The summed E-state index contributed by atoms with van der Waals surface area (Å²) in [6.07, 6.45) is 0. The van der Waals surface area contributed by atoms with Gasteiger partial charge in [-0.25, -0.2) is 0 Å². The zero-order valence-corrected chi connectivity index (χ0v) is 10.6. The third kappa shape index (κ3) is 4.97. The molecule has 0 heterocycles. The molecule has 4 nitrogen and oxygen atoms in total. The molecule has 0 bridgehead atoms. The van der Waals surface area contributed by atoms with Crippen molar-refractivity contribution in [1.29, 1.82) is 0 Å². The predicted molar refractivity (Wildman–Crippen MR) is 67.6 cm³/mol. The highest BCUT2D eigenvalue weighted by Gasteiger charge is 2.15. The number of hydrogen-bond donors (Lipinski definition) is 2. The number of benzene rings is 1. The van der Waals surface area contributed by atoms with Crippen LogP contribution in [0.5, 0.6) is 0 Å². The average Bonchev–Trinajstić information content (AvgIpc) is 2.14. The van der Waals surface area contributed by atoms with E-state index in [2.05, 4.69) is 0 Å². The van der Waals surface area contributed by atoms with Crippen LogP contribution in [0.3, 0.4) is 0 Å². The van der Waals surface area contributed by atoms with Crippen molar-refractivity contribution in [1.82, 2.24) is 4.90 Å². The Morgan fingerprint density at radius 2 is 2.12 bits per heavy atom. The van der Waals surface area contributed by atoms with Gasteiger partial charge in [0.2, 0.25) is 5.91 Å². The summed E-state index contributed by atoms with van der Waals surface area (Å²) in [5, 5.41) is 9.69. The molecule has 0 aliphatic rings. The van der Waals surface area contributed by atoms with Gasteiger partial charge in [-0.1, -0.05) is 12.1 Å². The molecule has 94 valence electrons. The Morgan fingerprint density at radius 3 is 2.65 bits per heavy atom. The number of primary amides is 1. The van der Waals surface area contributed by atoms with Gasteiger partial charge in [0.05, 0.1) is 5.60 Å². The first-order valence-electron chi connectivity index (χ1n) is 5.57. The molecule has 0 aliphatic heterocycles. The lowest BCUT2D eigenvalue weighted by Gasteiger charge is -2.25. The Hall–Kier alpha value is -1.39. The van der Waals surface area contributed by atoms with Gasteiger partial charge < -0.3 is 10.8 Å². The van der Waals surface area contributed by atoms with Gasteiger partial charge in [-0.3, -0.25) is 9.69 Å². The van der Waals surface area contributed by atoms with Crippen LogP contribution in [0.25, 0.3) is 0 Å². The molecule has 0 aliphatic carbocycles. The molecule has 0 radical (unpaired) electrons. The molecule has 17 heavy (non-hydrogen) atoms. The number of amides is 1. The van der Waals surface area contributed by atoms with E-state index in [1.54, 1.807) is 26.0 Å². The van der Waals surface area contributed by atoms with Crippen molar-refractivity contribution in [3.63, 3.8) is 0 Å². The maximum atomic E-state index is 11.0. The second-order valence-corrected chi connectivity index (χ2v) is 5.05. The number of nitrogens with zero attached hydrogens (tertiary/aromatic N) is 1. The summed E-state index contributed by atoms with van der Waals surface area (Å²) >= 11 is 0. The summed E-state index contributed by atoms with van der Waals surface area (Å²) in [5.74, 6) is -0.419. The number of carbonyl (C=O) groups excluding carboxylic acids is 1. The van der Waals surface area contributed by atoms with Crippen molar-refractivity contribution in [3.8, 4) is 0 Å². The highest BCUT2D eigenvalue weighted by atomic mass is 16.3. The van der Waals surface area contributed by atoms with Crippen molar-refractivity contribution < 1.29 is 9.90 Å². The van der Waals surface area contributed by atoms with Crippen molar-refractivity contribution in [2.75, 3.05) is 13.6 Å². The van der Waals surface area contributed by atoms with E-state index in [1.165, 1.54) is 0 Å². The van der Waals surface area contributed by atoms with Crippen molar-refractivity contribution >= 4 is 5.91 Å². The van der Waals surface area contributed by atoms with Gasteiger partial charge in [0.15, 0.2) is 0 Å². The van der Waals surface area contributed by atoms with Crippen LogP contribution in [-0.2, 0) is 6.54 Å². The van der Waals surface area contributed by atoms with Crippen LogP contribution in [0.15, 0.2) is 24.3 Å². The van der Waals surface area contributed by atoms with Crippen molar-refractivity contribution in [2.45, 2.75) is 26.0 Å². The second-order valence-electron chi connectivity index (χ2n) is 5.05. The second kappa shape index (κ2) is 5.29. The zero-order chi connectivity index (χ0) is 13.1. The maximum absolute atomic E-state index is 11.0. The van der Waals surface area contributed by atoms with Crippen LogP contribution >= 0.6 is 0 Å². The van der Waals surface area contributed by atoms with E-state index in [0.717, 1.165) is 5.56 Å². The lowest BCUT2D eigenvalue weighted by Crippen LogP contribution is -2.35. The molecule has 0 saturated heterocycles. The quantitative estimate of drug-likeness (QED) is 0.801. The molecule has 0 atom stereocenters. The van der Waals surface area contributed by atoms with Crippen LogP contribution in [-0.4, -0.2) is 35.1 Å². The zero-order valence-electron chi connectivity index (χ0n) is 10.6. The summed E-state index contributed by atoms with van der Waals surface area (Å²) < 4.78 is 0. The molecule has 0 fully saturated rings. The number of aliphatic hydroxyl groups is 1. The molecule has 1 aromatic carbocycles. The fourth-order valence-corrected chi connectivity index (χ4v) is 1.85. The topological polar surface area (TPSA) is 66.6 Å². The first kappa shape index (κ1) is 13.7. The minimum Gasteiger partial charge on any atom is -0.389 e. The third-order valence-electron chi connectivity index (χ3n) is 2.32. The molecule has 1 aromatic rings. The van der Waals surface area contributed by atoms with Gasteiger partial charge in [-0.05, 0) is 38.6 Å². The van der Waals surface area contributed by atoms with Crippen molar-refractivity contribution in [3.05, 3.63) is 35.4 Å². The van der Waals surface area contributed by atoms with Crippen LogP contribution in [0.2, 0.25) is 0 Å². The summed E-state index contributed by atoms with van der Waals surface area (Å²) in [4.78, 5) is 13.0. The molecule has 4 heteroatoms. The number of rotatable bonds is 5. The van der Waals surface area contributed by atoms with Gasteiger partial charge in [-0.2, -0.15) is 0 Å². The van der Waals surface area contributed by atoms with E-state index in [9.17, 15) is 9.90 Å². The molecular weight excluding hydrogens is 216 g/mol. The largest absolute Gasteiger partial charge is 0.389 e. The number of likely N-dealkylation sites (N-methyl/N-ethyl adjacent to an activating group) is 1. The third-order valence-corrected chi connectivity index (χ3v) is 2.32. The van der Waals surface area contributed by atoms with Gasteiger partial charge in [0, 0.05) is 18.7 Å². The van der Waals surface area contributed by atoms with E-state index >= 15 is 0 Å². The van der Waals surface area contributed by atoms with E-state index < -0.39 is 11.5 Å². The van der Waals surface area contributed by atoms with Gasteiger partial charge in [0.25, 0.3) is 0 Å². The molecular formula is C13H20N2O2. The van der Waals surface area contributed by atoms with Crippen LogP contribution in [0.1, 0.15) is 29.8 Å². The predicted octanol–water partition coefficient (Wildman–Crippen LogP) is 0.988. The maximum Gasteiger partial charge on any atom is 0.248 e. The normalized spacial score (nSPS) is 11.8. The summed E-state index contributed by atoms with van der Waals surface area (Å²) in [6.45, 7) is 4.77. The Bertz CT molecular complexity index is 397. The SMILES string of the molecule is CN(Cc1cccc(C(N)=O)c1)CC(C)(C)O. The van der Waals surface area contributed by atoms with Gasteiger partial charge in [0.1, 0.15) is 0 Å². The molecule has 0 unspecified atom stereocenters. The van der Waals surface area contributed by atoms with E-state index in [-0.39, 0.29) is 0 Å². The minimum atomic E-state index is -0.726. The first-order valence-corrected chi connectivity index (χ1v) is 5.57. The highest BCUT2D eigenvalue weighted by Crippen LogP contribution is 2.10. The van der Waals surface area contributed by atoms with Crippen LogP contribution in [0, 0.1) is 0 Å². The Balaban J connectivity index is 2.68.